The minimum absolute atomic E-state index is 0.0796. The number of carbonyl (C=O) groups excluding carboxylic acids is 4. The van der Waals surface area contributed by atoms with Crippen molar-refractivity contribution < 1.29 is 42.2 Å². The highest BCUT2D eigenvalue weighted by molar-refractivity contribution is 6.33. The lowest BCUT2D eigenvalue weighted by atomic mass is 9.49. The highest BCUT2D eigenvalue weighted by Gasteiger charge is 2.70. The fourth-order valence-corrected chi connectivity index (χ4v) is 9.89. The molecular formula is C45H33Cl2F3N4O6. The summed E-state index contributed by atoms with van der Waals surface area (Å²) in [4.78, 5) is 64.0. The normalized spacial score (nSPS) is 24.8. The van der Waals surface area contributed by atoms with Crippen LogP contribution in [0.4, 0.5) is 24.7 Å². The Hall–Kier alpha value is -6.18. The van der Waals surface area contributed by atoms with Gasteiger partial charge in [0.2, 0.25) is 11.8 Å². The second-order valence-electron chi connectivity index (χ2n) is 15.3. The predicted molar refractivity (Wildman–Crippen MR) is 215 cm³/mol. The smallest absolute Gasteiger partial charge is 0.417 e. The summed E-state index contributed by atoms with van der Waals surface area (Å²) in [6.07, 6.45) is -2.34. The lowest BCUT2D eigenvalue weighted by Crippen LogP contribution is -2.53. The number of ether oxygens (including phenoxy) is 1. The van der Waals surface area contributed by atoms with Crippen LogP contribution in [-0.2, 0) is 37.4 Å². The third-order valence-electron chi connectivity index (χ3n) is 12.1. The van der Waals surface area contributed by atoms with E-state index in [1.54, 1.807) is 66.7 Å². The monoisotopic (exact) mass is 852 g/mol. The van der Waals surface area contributed by atoms with Gasteiger partial charge in [0.25, 0.3) is 11.8 Å². The van der Waals surface area contributed by atoms with E-state index >= 15 is 4.79 Å². The maximum Gasteiger partial charge on any atom is 0.417 e. The molecule has 0 spiro atoms. The van der Waals surface area contributed by atoms with E-state index in [-0.39, 0.29) is 42.5 Å². The van der Waals surface area contributed by atoms with Crippen molar-refractivity contribution in [2.24, 2.45) is 23.7 Å². The number of phenols is 1. The third kappa shape index (κ3) is 6.29. The van der Waals surface area contributed by atoms with Crippen LogP contribution < -0.4 is 15.1 Å². The molecule has 2 aliphatic carbocycles. The van der Waals surface area contributed by atoms with Gasteiger partial charge in [-0.2, -0.15) is 18.2 Å². The number of nitrogens with one attached hydrogen (secondary N) is 1. The van der Waals surface area contributed by atoms with Crippen LogP contribution in [0.1, 0.15) is 41.0 Å². The Kier molecular flexibility index (Phi) is 9.71. The molecule has 2 saturated heterocycles. The van der Waals surface area contributed by atoms with E-state index in [0.29, 0.717) is 44.9 Å². The van der Waals surface area contributed by atoms with Gasteiger partial charge in [0, 0.05) is 28.8 Å². The Morgan fingerprint density at radius 1 is 0.850 bits per heavy atom. The molecule has 0 bridgehead atoms. The first-order valence-corrected chi connectivity index (χ1v) is 19.8. The van der Waals surface area contributed by atoms with Crippen LogP contribution in [0.3, 0.4) is 0 Å². The first-order chi connectivity index (χ1) is 28.8. The molecule has 9 rings (SSSR count). The largest absolute Gasteiger partial charge is 0.508 e. The molecule has 0 radical (unpaired) electrons. The fraction of sp³-hybridized carbons (Fsp3) is 0.222. The number of imide groups is 2. The van der Waals surface area contributed by atoms with Crippen LogP contribution in [0.5, 0.6) is 11.5 Å². The minimum Gasteiger partial charge on any atom is -0.508 e. The van der Waals surface area contributed by atoms with Crippen LogP contribution in [0.15, 0.2) is 127 Å². The Morgan fingerprint density at radius 3 is 2.22 bits per heavy atom. The number of amides is 4. The number of carbonyl (C=O) groups is 4. The van der Waals surface area contributed by atoms with E-state index in [1.807, 2.05) is 36.4 Å². The van der Waals surface area contributed by atoms with E-state index in [2.05, 4.69) is 10.4 Å². The van der Waals surface area contributed by atoms with Crippen LogP contribution in [-0.4, -0.2) is 38.7 Å². The van der Waals surface area contributed by atoms with E-state index in [0.717, 1.165) is 5.56 Å². The molecule has 304 valence electrons. The van der Waals surface area contributed by atoms with E-state index in [4.69, 9.17) is 27.9 Å². The Labute approximate surface area is 351 Å². The maximum absolute atomic E-state index is 15.5. The van der Waals surface area contributed by atoms with Crippen LogP contribution in [0.25, 0.3) is 0 Å². The summed E-state index contributed by atoms with van der Waals surface area (Å²) in [7, 11) is 0. The number of phenolic OH excluding ortho intramolecular Hbond substituents is 1. The van der Waals surface area contributed by atoms with Crippen LogP contribution >= 0.6 is 23.2 Å². The fourth-order valence-electron chi connectivity index (χ4n) is 9.56. The van der Waals surface area contributed by atoms with Crippen molar-refractivity contribution in [1.29, 1.82) is 0 Å². The summed E-state index contributed by atoms with van der Waals surface area (Å²) in [5.74, 6) is -7.59. The molecule has 3 fully saturated rings. The van der Waals surface area contributed by atoms with Crippen LogP contribution in [0, 0.1) is 23.7 Å². The number of nitrogens with zero attached hydrogens (tertiary/aromatic N) is 3. The summed E-state index contributed by atoms with van der Waals surface area (Å²) >= 11 is 12.7. The predicted octanol–water partition coefficient (Wildman–Crippen LogP) is 8.88. The molecule has 2 aliphatic heterocycles. The number of rotatable bonds is 8. The van der Waals surface area contributed by atoms with Crippen LogP contribution in [0.2, 0.25) is 10.0 Å². The highest BCUT2D eigenvalue weighted by Crippen LogP contribution is 2.65. The molecule has 0 unspecified atom stereocenters. The van der Waals surface area contributed by atoms with Gasteiger partial charge in [0.15, 0.2) is 5.82 Å². The zero-order chi connectivity index (χ0) is 42.1. The summed E-state index contributed by atoms with van der Waals surface area (Å²) in [5, 5.41) is 12.5. The first kappa shape index (κ1) is 39.3. The number of anilines is 2. The molecule has 4 aromatic carbocycles. The molecular weight excluding hydrogens is 820 g/mol. The van der Waals surface area contributed by atoms with Gasteiger partial charge in [-0.1, -0.05) is 102 Å². The van der Waals surface area contributed by atoms with Crippen molar-refractivity contribution in [1.82, 2.24) is 9.99 Å². The topological polar surface area (TPSA) is 129 Å². The van der Waals surface area contributed by atoms with Gasteiger partial charge in [-0.05, 0) is 66.3 Å². The number of allylic oxidation sites excluding steroid dienone is 2. The molecule has 2 N–H and O–H groups in total. The number of alkyl halides is 3. The number of halogens is 5. The highest BCUT2D eigenvalue weighted by atomic mass is 35.5. The van der Waals surface area contributed by atoms with Crippen molar-refractivity contribution in [2.75, 3.05) is 10.3 Å². The number of fused-ring (bicyclic) bond motifs is 4. The third-order valence-corrected chi connectivity index (χ3v) is 12.7. The summed E-state index contributed by atoms with van der Waals surface area (Å²) in [5.41, 5.74) is 2.08. The average molecular weight is 854 g/mol. The molecule has 4 amide bonds. The number of para-hydroxylation sites is 1. The van der Waals surface area contributed by atoms with Gasteiger partial charge in [-0.15, -0.1) is 0 Å². The number of aromatic hydroxyl groups is 1. The van der Waals surface area contributed by atoms with E-state index < -0.39 is 69.5 Å². The second kappa shape index (κ2) is 14.8. The number of hydrogen-bond acceptors (Lipinski definition) is 8. The Balaban J connectivity index is 1.20. The summed E-state index contributed by atoms with van der Waals surface area (Å²) < 4.78 is 46.7. The van der Waals surface area contributed by atoms with Gasteiger partial charge >= 0.3 is 6.18 Å². The number of aromatic nitrogens is 1. The quantitative estimate of drug-likeness (QED) is 0.117. The van der Waals surface area contributed by atoms with Gasteiger partial charge in [-0.3, -0.25) is 29.5 Å². The molecule has 15 heteroatoms. The zero-order valence-electron chi connectivity index (χ0n) is 31.3. The Morgan fingerprint density at radius 2 is 1.55 bits per heavy atom. The van der Waals surface area contributed by atoms with Gasteiger partial charge in [0.1, 0.15) is 18.1 Å². The molecule has 5 aromatic rings. The molecule has 1 aromatic heterocycles. The Bertz CT molecular complexity index is 2590. The van der Waals surface area contributed by atoms with Crippen molar-refractivity contribution in [3.63, 3.8) is 0 Å². The SMILES string of the molecule is O=C1[C@@H]2C[C@@H]3C(=CC[C@@H]4C(=O)N(c5ccccc5)C(=O)[C@@H]43)[C@H](c3ccc(OCc4ccccc4)cc3O)[C@]2(c2ccc(Cl)cc2)C(=O)N1Nc1ncc(C(F)(F)F)cc1Cl. The van der Waals surface area contributed by atoms with Gasteiger partial charge < -0.3 is 9.84 Å². The number of benzene rings is 4. The second-order valence-corrected chi connectivity index (χ2v) is 16.1. The minimum atomic E-state index is -4.77. The lowest BCUT2D eigenvalue weighted by molar-refractivity contribution is -0.139. The number of hydrazine groups is 1. The number of hydrogen-bond donors (Lipinski definition) is 2. The van der Waals surface area contributed by atoms with E-state index in [9.17, 15) is 32.7 Å². The molecule has 6 atom stereocenters. The van der Waals surface area contributed by atoms with Crippen molar-refractivity contribution in [3.8, 4) is 11.5 Å². The summed E-state index contributed by atoms with van der Waals surface area (Å²) in [6.45, 7) is 0.193. The standard InChI is InChI=1S/C45H33Cl2F3N4O6/c46-27-13-11-25(12-14-27)44-34(41(57)54(43(44)59)52-39-35(47)19-26(22-51-39)45(48,49)50)21-33-30(17-18-32-37(33)42(58)53(40(32)56)28-9-5-2-6-10-28)38(44)31-16-15-29(20-36(31)55)60-23-24-7-3-1-4-8-24/h1-17,19-20,22,32-34,37-38,55H,18,21,23H2,(H,51,52)/t32-,33+,34-,37-,38+,44+/m0/s1. The first-order valence-electron chi connectivity index (χ1n) is 19.0. The van der Waals surface area contributed by atoms with Crippen molar-refractivity contribution in [2.45, 2.75) is 37.0 Å². The van der Waals surface area contributed by atoms with Gasteiger partial charge in [-0.25, -0.2) is 4.98 Å². The van der Waals surface area contributed by atoms with Gasteiger partial charge in [0.05, 0.1) is 39.4 Å². The molecule has 10 nitrogen and oxygen atoms in total. The molecule has 60 heavy (non-hydrogen) atoms. The lowest BCUT2D eigenvalue weighted by Gasteiger charge is -2.50. The maximum atomic E-state index is 15.5. The molecule has 3 heterocycles. The van der Waals surface area contributed by atoms with E-state index in [1.165, 1.54) is 11.0 Å². The van der Waals surface area contributed by atoms with Crippen molar-refractivity contribution in [3.05, 3.63) is 159 Å². The zero-order valence-corrected chi connectivity index (χ0v) is 32.8. The van der Waals surface area contributed by atoms with Crippen molar-refractivity contribution >= 4 is 58.3 Å². The average Bonchev–Trinajstić information content (AvgIpc) is 3.62. The summed E-state index contributed by atoms with van der Waals surface area (Å²) in [6, 6.07) is 29.6. The number of pyridine rings is 1. The molecule has 4 aliphatic rings. The molecule has 1 saturated carbocycles.